The number of carbonyl (C=O) groups is 1. The number of sulfone groups is 1. The number of ether oxygens (including phenoxy) is 1. The molecule has 1 fully saturated rings. The summed E-state index contributed by atoms with van der Waals surface area (Å²) in [4.78, 5) is 13.5. The number of aromatic nitrogens is 2. The molecule has 2 aliphatic heterocycles. The zero-order valence-electron chi connectivity index (χ0n) is 20.1. The predicted octanol–water partition coefficient (Wildman–Crippen LogP) is 2.86. The van der Waals surface area contributed by atoms with Crippen LogP contribution in [0.25, 0.3) is 5.69 Å². The number of fused-ring (bicyclic) bond motifs is 1. The fourth-order valence-corrected chi connectivity index (χ4v) is 6.65. The summed E-state index contributed by atoms with van der Waals surface area (Å²) in [6.45, 7) is 1.13. The van der Waals surface area contributed by atoms with Crippen LogP contribution in [-0.2, 0) is 26.1 Å². The molecule has 1 aromatic heterocycles. The summed E-state index contributed by atoms with van der Waals surface area (Å²) < 4.78 is 59.0. The van der Waals surface area contributed by atoms with E-state index in [-0.39, 0.29) is 23.2 Å². The molecule has 2 aliphatic rings. The first-order valence-electron chi connectivity index (χ1n) is 11.8. The molecule has 0 radical (unpaired) electrons. The molecule has 0 bridgehead atoms. The first-order valence-corrected chi connectivity index (χ1v) is 13.6. The lowest BCUT2D eigenvalue weighted by Gasteiger charge is -2.36. The average molecular weight is 532 g/mol. The van der Waals surface area contributed by atoms with Gasteiger partial charge in [0.1, 0.15) is 5.82 Å². The molecule has 3 N–H and O–H groups in total. The maximum atomic E-state index is 14.1. The highest BCUT2D eigenvalue weighted by atomic mass is 32.2. The zero-order valence-corrected chi connectivity index (χ0v) is 20.9. The van der Waals surface area contributed by atoms with Crippen molar-refractivity contribution in [3.8, 4) is 5.69 Å². The average Bonchev–Trinajstić information content (AvgIpc) is 3.51. The maximum Gasteiger partial charge on any atom is 0.320 e. The number of nitrogens with one attached hydrogen (secondary N) is 3. The molecule has 0 spiro atoms. The molecule has 2 amide bonds. The number of nitrogens with zero attached hydrogens (tertiary/aromatic N) is 2. The van der Waals surface area contributed by atoms with Crippen molar-refractivity contribution in [2.45, 2.75) is 29.4 Å². The minimum absolute atomic E-state index is 0.196. The minimum atomic E-state index is -3.36. The first-order chi connectivity index (χ1) is 17.7. The molecule has 0 unspecified atom stereocenters. The number of rotatable bonds is 7. The highest BCUT2D eigenvalue weighted by molar-refractivity contribution is 7.90. The lowest BCUT2D eigenvalue weighted by molar-refractivity contribution is 0.155. The van der Waals surface area contributed by atoms with E-state index in [0.717, 1.165) is 12.1 Å². The Morgan fingerprint density at radius 2 is 1.97 bits per heavy atom. The van der Waals surface area contributed by atoms with Crippen molar-refractivity contribution in [1.29, 1.82) is 0 Å². The minimum Gasteiger partial charge on any atom is -0.385 e. The molecule has 5 rings (SSSR count). The van der Waals surface area contributed by atoms with Gasteiger partial charge in [-0.3, -0.25) is 5.32 Å². The Morgan fingerprint density at radius 1 is 1.19 bits per heavy atom. The Bertz CT molecular complexity index is 1430. The van der Waals surface area contributed by atoms with E-state index in [4.69, 9.17) is 4.74 Å². The van der Waals surface area contributed by atoms with Crippen LogP contribution in [0.3, 0.4) is 0 Å². The second-order valence-electron chi connectivity index (χ2n) is 9.39. The first kappa shape index (κ1) is 25.3. The van der Waals surface area contributed by atoms with Gasteiger partial charge in [0.15, 0.2) is 21.5 Å². The molecular formula is C25H27F2N5O4S. The van der Waals surface area contributed by atoms with Gasteiger partial charge in [-0.2, -0.15) is 5.10 Å². The zero-order chi connectivity index (χ0) is 26.2. The third-order valence-corrected chi connectivity index (χ3v) is 8.38. The number of hydrogen-bond acceptors (Lipinski definition) is 6. The van der Waals surface area contributed by atoms with Crippen LogP contribution in [-0.4, -0.2) is 56.6 Å². The second kappa shape index (κ2) is 9.84. The maximum absolute atomic E-state index is 14.1. The number of benzene rings is 2. The van der Waals surface area contributed by atoms with Crippen LogP contribution in [0.4, 0.5) is 19.4 Å². The van der Waals surface area contributed by atoms with E-state index in [0.29, 0.717) is 48.6 Å². The van der Waals surface area contributed by atoms with Gasteiger partial charge in [-0.1, -0.05) is 24.3 Å². The largest absolute Gasteiger partial charge is 0.385 e. The number of para-hydroxylation sites is 1. The summed E-state index contributed by atoms with van der Waals surface area (Å²) in [5, 5.41) is 13.6. The van der Waals surface area contributed by atoms with Crippen LogP contribution >= 0.6 is 0 Å². The monoisotopic (exact) mass is 531 g/mol. The van der Waals surface area contributed by atoms with Gasteiger partial charge >= 0.3 is 6.03 Å². The highest BCUT2D eigenvalue weighted by Crippen LogP contribution is 2.36. The number of anilines is 1. The molecule has 2 aromatic carbocycles. The predicted molar refractivity (Wildman–Crippen MR) is 133 cm³/mol. The number of carbonyl (C=O) groups excluding carboxylic acids is 1. The van der Waals surface area contributed by atoms with Crippen molar-refractivity contribution in [3.05, 3.63) is 77.0 Å². The van der Waals surface area contributed by atoms with Crippen molar-refractivity contribution >= 4 is 21.7 Å². The number of methoxy groups -OCH3 is 1. The van der Waals surface area contributed by atoms with E-state index in [1.165, 1.54) is 10.7 Å². The van der Waals surface area contributed by atoms with E-state index in [9.17, 15) is 22.0 Å². The summed E-state index contributed by atoms with van der Waals surface area (Å²) in [6, 6.07) is 12.3. The molecule has 3 heterocycles. The van der Waals surface area contributed by atoms with Crippen molar-refractivity contribution in [1.82, 2.24) is 20.4 Å². The lowest BCUT2D eigenvalue weighted by Crippen LogP contribution is -2.55. The molecule has 3 aromatic rings. The van der Waals surface area contributed by atoms with E-state index in [2.05, 4.69) is 21.0 Å². The van der Waals surface area contributed by atoms with Crippen LogP contribution in [0.2, 0.25) is 0 Å². The van der Waals surface area contributed by atoms with Gasteiger partial charge in [-0.15, -0.1) is 0 Å². The Kier molecular flexibility index (Phi) is 6.73. The molecule has 0 aliphatic carbocycles. The van der Waals surface area contributed by atoms with Crippen LogP contribution < -0.4 is 16.0 Å². The lowest BCUT2D eigenvalue weighted by atomic mass is 9.79. The smallest absolute Gasteiger partial charge is 0.320 e. The van der Waals surface area contributed by atoms with Crippen LogP contribution in [0.15, 0.2) is 48.5 Å². The van der Waals surface area contributed by atoms with Gasteiger partial charge < -0.3 is 15.4 Å². The van der Waals surface area contributed by atoms with Gasteiger partial charge in [-0.05, 0) is 36.2 Å². The Hall–Kier alpha value is -3.35. The molecule has 9 nitrogen and oxygen atoms in total. The fourth-order valence-electron chi connectivity index (χ4n) is 5.16. The normalized spacial score (nSPS) is 22.1. The van der Waals surface area contributed by atoms with Crippen molar-refractivity contribution < 1.29 is 26.7 Å². The van der Waals surface area contributed by atoms with Gasteiger partial charge in [-0.25, -0.2) is 26.7 Å². The van der Waals surface area contributed by atoms with Gasteiger partial charge in [0.2, 0.25) is 0 Å². The third-order valence-electron chi connectivity index (χ3n) is 6.94. The van der Waals surface area contributed by atoms with E-state index in [1.807, 2.05) is 18.2 Å². The highest BCUT2D eigenvalue weighted by Gasteiger charge is 2.45. The number of halogens is 2. The SMILES string of the molecule is COCC[C@@]1(NC(=O)Nc2c3c(nn2-c2ccccc2)CS(=O)(=O)C3)CNC[C@H]1c1ccc(F)c(F)c1. The molecule has 1 saturated heterocycles. The van der Waals surface area contributed by atoms with Crippen LogP contribution in [0, 0.1) is 11.6 Å². The molecule has 2 atom stereocenters. The quantitative estimate of drug-likeness (QED) is 0.432. The fraction of sp³-hybridized carbons (Fsp3) is 0.360. The van der Waals surface area contributed by atoms with Crippen LogP contribution in [0.1, 0.15) is 29.2 Å². The molecule has 37 heavy (non-hydrogen) atoms. The number of hydrogen-bond donors (Lipinski definition) is 3. The van der Waals surface area contributed by atoms with Crippen molar-refractivity contribution in [2.24, 2.45) is 0 Å². The summed E-state index contributed by atoms with van der Waals surface area (Å²) >= 11 is 0. The van der Waals surface area contributed by atoms with Gasteiger partial charge in [0.05, 0.1) is 28.4 Å². The Morgan fingerprint density at radius 3 is 2.70 bits per heavy atom. The Labute approximate surface area is 213 Å². The van der Waals surface area contributed by atoms with Gasteiger partial charge in [0.25, 0.3) is 0 Å². The molecule has 0 saturated carbocycles. The topological polar surface area (TPSA) is 114 Å². The summed E-state index contributed by atoms with van der Waals surface area (Å²) in [7, 11) is -1.81. The molecule has 196 valence electrons. The summed E-state index contributed by atoms with van der Waals surface area (Å²) in [6.07, 6.45) is 0.401. The summed E-state index contributed by atoms with van der Waals surface area (Å²) in [5.74, 6) is -2.42. The van der Waals surface area contributed by atoms with E-state index < -0.39 is 33.0 Å². The number of amides is 2. The summed E-state index contributed by atoms with van der Waals surface area (Å²) in [5.41, 5.74) is 1.18. The van der Waals surface area contributed by atoms with E-state index in [1.54, 1.807) is 19.2 Å². The molecule has 12 heteroatoms. The van der Waals surface area contributed by atoms with Crippen molar-refractivity contribution in [3.63, 3.8) is 0 Å². The third kappa shape index (κ3) is 4.96. The number of urea groups is 1. The Balaban J connectivity index is 1.47. The van der Waals surface area contributed by atoms with Crippen molar-refractivity contribution in [2.75, 3.05) is 32.1 Å². The second-order valence-corrected chi connectivity index (χ2v) is 11.5. The van der Waals surface area contributed by atoms with Crippen LogP contribution in [0.5, 0.6) is 0 Å². The van der Waals surface area contributed by atoms with E-state index >= 15 is 0 Å². The van der Waals surface area contributed by atoms with Gasteiger partial charge in [0, 0.05) is 38.3 Å². The standard InChI is InChI=1S/C25H27F2N5O4S/c1-36-10-9-25(15-28-12-19(25)16-7-8-20(26)21(27)11-16)30-24(33)29-23-18-13-37(34,35)14-22(18)31-32(23)17-5-3-2-4-6-17/h2-8,11,19,28H,9-10,12-15H2,1H3,(H2,29,30,33)/t19-,25+/m0/s1. The molecular weight excluding hydrogens is 504 g/mol.